The number of ether oxygens (including phenoxy) is 1. The summed E-state index contributed by atoms with van der Waals surface area (Å²) in [4.78, 5) is 0. The highest BCUT2D eigenvalue weighted by Gasteiger charge is 2.27. The van der Waals surface area contributed by atoms with Crippen LogP contribution in [-0.2, 0) is 0 Å². The molecule has 4 heteroatoms. The van der Waals surface area contributed by atoms with Crippen molar-refractivity contribution >= 4 is 0 Å². The van der Waals surface area contributed by atoms with E-state index in [9.17, 15) is 0 Å². The van der Waals surface area contributed by atoms with Crippen LogP contribution in [0.3, 0.4) is 0 Å². The fourth-order valence-electron chi connectivity index (χ4n) is 2.45. The average molecular weight is 281 g/mol. The molecule has 0 aliphatic carbocycles. The lowest BCUT2D eigenvalue weighted by Gasteiger charge is -2.28. The van der Waals surface area contributed by atoms with Crippen molar-refractivity contribution in [2.45, 2.75) is 66.5 Å². The van der Waals surface area contributed by atoms with Crippen LogP contribution >= 0.6 is 0 Å². The molecule has 0 aromatic carbocycles. The number of aromatic nitrogens is 2. The highest BCUT2D eigenvalue weighted by Crippen LogP contribution is 2.35. The van der Waals surface area contributed by atoms with Crippen molar-refractivity contribution in [1.29, 1.82) is 0 Å². The summed E-state index contributed by atoms with van der Waals surface area (Å²) in [5.41, 5.74) is 1.42. The first-order chi connectivity index (χ1) is 9.30. The molecule has 1 aromatic heterocycles. The van der Waals surface area contributed by atoms with Crippen LogP contribution in [-0.4, -0.2) is 23.4 Å². The Morgan fingerprint density at radius 1 is 1.35 bits per heavy atom. The summed E-state index contributed by atoms with van der Waals surface area (Å²) in [7, 11) is 1.72. The highest BCUT2D eigenvalue weighted by molar-refractivity contribution is 5.29. The van der Waals surface area contributed by atoms with Crippen LogP contribution in [0.2, 0.25) is 0 Å². The molecule has 0 saturated heterocycles. The minimum atomic E-state index is 0.252. The normalized spacial score (nSPS) is 13.8. The predicted molar refractivity (Wildman–Crippen MR) is 84.3 cm³/mol. The lowest BCUT2D eigenvalue weighted by atomic mass is 9.86. The Bertz CT molecular complexity index is 404. The van der Waals surface area contributed by atoms with E-state index in [0.717, 1.165) is 25.1 Å². The van der Waals surface area contributed by atoms with Gasteiger partial charge in [-0.1, -0.05) is 27.7 Å². The van der Waals surface area contributed by atoms with Crippen molar-refractivity contribution in [1.82, 2.24) is 15.1 Å². The summed E-state index contributed by atoms with van der Waals surface area (Å²) in [6, 6.07) is 0.606. The second kappa shape index (κ2) is 7.11. The molecule has 0 aliphatic heterocycles. The zero-order valence-corrected chi connectivity index (χ0v) is 14.2. The molecule has 20 heavy (non-hydrogen) atoms. The Balaban J connectivity index is 3.13. The van der Waals surface area contributed by atoms with Gasteiger partial charge in [-0.3, -0.25) is 4.68 Å². The Kier molecular flexibility index (Phi) is 6.06. The molecular weight excluding hydrogens is 250 g/mol. The molecule has 1 rings (SSSR count). The largest absolute Gasteiger partial charge is 0.493 e. The molecule has 0 aliphatic rings. The minimum Gasteiger partial charge on any atom is -0.493 e. The van der Waals surface area contributed by atoms with Gasteiger partial charge in [-0.25, -0.2) is 0 Å². The van der Waals surface area contributed by atoms with Crippen molar-refractivity contribution in [2.24, 2.45) is 5.41 Å². The lowest BCUT2D eigenvalue weighted by molar-refractivity contribution is 0.290. The van der Waals surface area contributed by atoms with Gasteiger partial charge in [-0.05, 0) is 38.6 Å². The Morgan fingerprint density at radius 2 is 2.00 bits per heavy atom. The summed E-state index contributed by atoms with van der Waals surface area (Å²) >= 11 is 0. The van der Waals surface area contributed by atoms with Crippen molar-refractivity contribution < 1.29 is 4.74 Å². The van der Waals surface area contributed by atoms with E-state index in [0.29, 0.717) is 6.04 Å². The summed E-state index contributed by atoms with van der Waals surface area (Å²) < 4.78 is 7.61. The molecule has 1 heterocycles. The van der Waals surface area contributed by atoms with Crippen molar-refractivity contribution in [3.8, 4) is 5.75 Å². The Morgan fingerprint density at radius 3 is 2.45 bits per heavy atom. The molecule has 0 fully saturated rings. The second-order valence-electron chi connectivity index (χ2n) is 6.91. The van der Waals surface area contributed by atoms with E-state index in [4.69, 9.17) is 4.74 Å². The molecule has 1 N–H and O–H groups in total. The maximum Gasteiger partial charge on any atom is 0.161 e. The maximum absolute atomic E-state index is 5.53. The van der Waals surface area contributed by atoms with Gasteiger partial charge in [-0.15, -0.1) is 0 Å². The van der Waals surface area contributed by atoms with E-state index in [1.165, 1.54) is 5.69 Å². The number of hydrogen-bond donors (Lipinski definition) is 1. The fourth-order valence-corrected chi connectivity index (χ4v) is 2.45. The smallest absolute Gasteiger partial charge is 0.161 e. The van der Waals surface area contributed by atoms with E-state index in [-0.39, 0.29) is 11.5 Å². The van der Waals surface area contributed by atoms with Crippen molar-refractivity contribution in [3.63, 3.8) is 0 Å². The van der Waals surface area contributed by atoms with Crippen molar-refractivity contribution in [3.05, 3.63) is 11.9 Å². The van der Waals surface area contributed by atoms with Crippen molar-refractivity contribution in [2.75, 3.05) is 13.7 Å². The molecule has 0 amide bonds. The van der Waals surface area contributed by atoms with Crippen LogP contribution in [0.25, 0.3) is 0 Å². The van der Waals surface area contributed by atoms with Gasteiger partial charge < -0.3 is 10.1 Å². The molecule has 0 spiro atoms. The monoisotopic (exact) mass is 281 g/mol. The SMILES string of the molecule is CCCNC(CC(C)(C)C)c1c(OC)cnn1C(C)C. The third-order valence-corrected chi connectivity index (χ3v) is 3.30. The standard InChI is InChI=1S/C16H31N3O/c1-8-9-17-13(10-16(4,5)6)15-14(20-7)11-18-19(15)12(2)3/h11-13,17H,8-10H2,1-7H3. The maximum atomic E-state index is 5.53. The molecule has 0 radical (unpaired) electrons. The summed E-state index contributed by atoms with van der Waals surface area (Å²) in [6.07, 6.45) is 4.01. The molecule has 4 nitrogen and oxygen atoms in total. The average Bonchev–Trinajstić information content (AvgIpc) is 2.76. The van der Waals surface area contributed by atoms with Gasteiger partial charge in [0.25, 0.3) is 0 Å². The van der Waals surface area contributed by atoms with Gasteiger partial charge in [-0.2, -0.15) is 5.10 Å². The molecule has 0 bridgehead atoms. The third-order valence-electron chi connectivity index (χ3n) is 3.30. The van der Waals surface area contributed by atoms with E-state index in [1.807, 2.05) is 6.20 Å². The molecule has 0 saturated carbocycles. The van der Waals surface area contributed by atoms with Gasteiger partial charge in [0.15, 0.2) is 5.75 Å². The van der Waals surface area contributed by atoms with Crippen LogP contribution < -0.4 is 10.1 Å². The molecule has 1 atom stereocenters. The number of hydrogen-bond acceptors (Lipinski definition) is 3. The molecule has 1 aromatic rings. The lowest BCUT2D eigenvalue weighted by Crippen LogP contribution is -2.29. The summed E-state index contributed by atoms with van der Waals surface area (Å²) in [6.45, 7) is 14.3. The first-order valence-corrected chi connectivity index (χ1v) is 7.65. The fraction of sp³-hybridized carbons (Fsp3) is 0.812. The van der Waals surface area contributed by atoms with Gasteiger partial charge in [0.1, 0.15) is 0 Å². The van der Waals surface area contributed by atoms with Gasteiger partial charge in [0, 0.05) is 6.04 Å². The number of rotatable bonds is 7. The topological polar surface area (TPSA) is 39.1 Å². The Hall–Kier alpha value is -1.03. The predicted octanol–water partition coefficient (Wildman–Crippen LogP) is 3.95. The molecule has 1 unspecified atom stereocenters. The zero-order chi connectivity index (χ0) is 15.3. The zero-order valence-electron chi connectivity index (χ0n) is 14.2. The van der Waals surface area contributed by atoms with Gasteiger partial charge in [0.2, 0.25) is 0 Å². The minimum absolute atomic E-state index is 0.252. The van der Waals surface area contributed by atoms with Crippen LogP contribution in [0, 0.1) is 5.41 Å². The quantitative estimate of drug-likeness (QED) is 0.822. The van der Waals surface area contributed by atoms with E-state index in [2.05, 4.69) is 56.6 Å². The van der Waals surface area contributed by atoms with E-state index < -0.39 is 0 Å². The van der Waals surface area contributed by atoms with E-state index in [1.54, 1.807) is 7.11 Å². The molecular formula is C16H31N3O. The Labute approximate surface area is 123 Å². The highest BCUT2D eigenvalue weighted by atomic mass is 16.5. The van der Waals surface area contributed by atoms with Gasteiger partial charge in [0.05, 0.1) is 25.0 Å². The first kappa shape index (κ1) is 17.0. The van der Waals surface area contributed by atoms with Crippen LogP contribution in [0.1, 0.15) is 72.2 Å². The van der Waals surface area contributed by atoms with Crippen LogP contribution in [0.5, 0.6) is 5.75 Å². The number of nitrogens with zero attached hydrogens (tertiary/aromatic N) is 2. The van der Waals surface area contributed by atoms with Crippen LogP contribution in [0.4, 0.5) is 0 Å². The third kappa shape index (κ3) is 4.51. The summed E-state index contributed by atoms with van der Waals surface area (Å²) in [5.74, 6) is 0.886. The van der Waals surface area contributed by atoms with Crippen LogP contribution in [0.15, 0.2) is 6.20 Å². The van der Waals surface area contributed by atoms with E-state index >= 15 is 0 Å². The first-order valence-electron chi connectivity index (χ1n) is 7.65. The number of nitrogens with one attached hydrogen (secondary N) is 1. The summed E-state index contributed by atoms with van der Waals surface area (Å²) in [5, 5.41) is 8.15. The number of methoxy groups -OCH3 is 1. The molecule has 116 valence electrons. The second-order valence-corrected chi connectivity index (χ2v) is 6.91. The van der Waals surface area contributed by atoms with Gasteiger partial charge >= 0.3 is 0 Å².